The van der Waals surface area contributed by atoms with Crippen molar-refractivity contribution in [3.8, 4) is 0 Å². The maximum Gasteiger partial charge on any atom is 0.266 e. The number of hydrogen-bond acceptors (Lipinski definition) is 4. The second-order valence-electron chi connectivity index (χ2n) is 3.62. The molecule has 0 aliphatic carbocycles. The second-order valence-corrected chi connectivity index (χ2v) is 3.99. The van der Waals surface area contributed by atoms with Crippen molar-refractivity contribution < 1.29 is 14.0 Å². The number of amides is 2. The number of carbonyl (C=O) groups is 2. The Morgan fingerprint density at radius 2 is 2.17 bits per heavy atom. The van der Waals surface area contributed by atoms with E-state index in [1.54, 1.807) is 18.2 Å². The van der Waals surface area contributed by atoms with Gasteiger partial charge in [0.05, 0.1) is 5.52 Å². The molecule has 0 saturated heterocycles. The van der Waals surface area contributed by atoms with Crippen LogP contribution in [0.5, 0.6) is 0 Å². The van der Waals surface area contributed by atoms with Gasteiger partial charge in [-0.15, -0.1) is 0 Å². The van der Waals surface area contributed by atoms with Crippen molar-refractivity contribution in [2.24, 2.45) is 0 Å². The first kappa shape index (κ1) is 12.3. The maximum atomic E-state index is 11.5. The Kier molecular flexibility index (Phi) is 3.42. The molecule has 3 N–H and O–H groups in total. The summed E-state index contributed by atoms with van der Waals surface area (Å²) in [5.41, 5.74) is 1.86. The molecule has 0 atom stereocenters. The van der Waals surface area contributed by atoms with E-state index in [2.05, 4.69) is 15.6 Å². The maximum absolute atomic E-state index is 11.5. The lowest BCUT2D eigenvalue weighted by Gasteiger charge is -2.04. The Bertz CT molecular complexity index is 659. The molecule has 0 radical (unpaired) electrons. The quantitative estimate of drug-likeness (QED) is 0.580. The van der Waals surface area contributed by atoms with Gasteiger partial charge in [-0.05, 0) is 24.4 Å². The molecule has 94 valence electrons. The summed E-state index contributed by atoms with van der Waals surface area (Å²) in [5.74, 6) is -0.726. The van der Waals surface area contributed by atoms with E-state index in [4.69, 9.17) is 16.6 Å². The number of anilines is 1. The molecule has 1 heterocycles. The highest BCUT2D eigenvalue weighted by atomic mass is 32.1. The van der Waals surface area contributed by atoms with Crippen LogP contribution in [-0.2, 0) is 9.59 Å². The van der Waals surface area contributed by atoms with E-state index in [0.29, 0.717) is 11.3 Å². The number of rotatable bonds is 3. The Morgan fingerprint density at radius 3 is 2.89 bits per heavy atom. The van der Waals surface area contributed by atoms with E-state index in [-0.39, 0.29) is 23.1 Å². The van der Waals surface area contributed by atoms with E-state index in [0.717, 1.165) is 5.52 Å². The van der Waals surface area contributed by atoms with Crippen molar-refractivity contribution in [1.29, 1.82) is 0 Å². The molecular formula is C11H11N3O3S. The Hall–Kier alpha value is -2.15. The van der Waals surface area contributed by atoms with Gasteiger partial charge in [0, 0.05) is 18.8 Å². The summed E-state index contributed by atoms with van der Waals surface area (Å²) in [6, 6.07) is 5.08. The standard InChI is InChI=1S/C11H11N3O3S/c1-12-9(15)5-10(16)13-6-2-3-7-8(4-6)17-11(18)14-7/h2-4H,5H2,1H3,(H,12,15)(H,13,16)(H,14,18). The molecule has 2 amide bonds. The molecule has 0 spiro atoms. The second kappa shape index (κ2) is 5.01. The minimum absolute atomic E-state index is 0.217. The number of fused-ring (bicyclic) bond motifs is 1. The fraction of sp³-hybridized carbons (Fsp3) is 0.182. The van der Waals surface area contributed by atoms with Crippen LogP contribution in [0.15, 0.2) is 22.6 Å². The van der Waals surface area contributed by atoms with E-state index in [9.17, 15) is 9.59 Å². The van der Waals surface area contributed by atoms with Crippen LogP contribution in [0.2, 0.25) is 0 Å². The number of aromatic amines is 1. The van der Waals surface area contributed by atoms with Gasteiger partial charge in [0.1, 0.15) is 6.42 Å². The first-order valence-corrected chi connectivity index (χ1v) is 5.62. The number of nitrogens with one attached hydrogen (secondary N) is 3. The first-order valence-electron chi connectivity index (χ1n) is 5.22. The molecule has 0 fully saturated rings. The van der Waals surface area contributed by atoms with Crippen molar-refractivity contribution >= 4 is 40.8 Å². The third kappa shape index (κ3) is 2.75. The van der Waals surface area contributed by atoms with E-state index < -0.39 is 0 Å². The molecule has 0 aliphatic rings. The zero-order chi connectivity index (χ0) is 13.1. The van der Waals surface area contributed by atoms with E-state index >= 15 is 0 Å². The topological polar surface area (TPSA) is 87.1 Å². The largest absolute Gasteiger partial charge is 0.429 e. The van der Waals surface area contributed by atoms with E-state index in [1.165, 1.54) is 7.05 Å². The van der Waals surface area contributed by atoms with Gasteiger partial charge in [0.25, 0.3) is 4.84 Å². The summed E-state index contributed by atoms with van der Waals surface area (Å²) >= 11 is 4.85. The smallest absolute Gasteiger partial charge is 0.266 e. The lowest BCUT2D eigenvalue weighted by atomic mass is 10.2. The molecule has 0 aliphatic heterocycles. The molecule has 2 rings (SSSR count). The molecule has 1 aromatic heterocycles. The number of oxazole rings is 1. The van der Waals surface area contributed by atoms with Gasteiger partial charge in [0.15, 0.2) is 5.58 Å². The molecule has 7 heteroatoms. The number of benzene rings is 1. The van der Waals surface area contributed by atoms with Crippen LogP contribution in [0.3, 0.4) is 0 Å². The lowest BCUT2D eigenvalue weighted by Crippen LogP contribution is -2.24. The molecule has 1 aromatic carbocycles. The van der Waals surface area contributed by atoms with Crippen LogP contribution < -0.4 is 10.6 Å². The fourth-order valence-electron chi connectivity index (χ4n) is 1.46. The molecule has 0 saturated carbocycles. The highest BCUT2D eigenvalue weighted by molar-refractivity contribution is 7.71. The number of H-pyrrole nitrogens is 1. The van der Waals surface area contributed by atoms with Crippen molar-refractivity contribution in [2.75, 3.05) is 12.4 Å². The average Bonchev–Trinajstić information content (AvgIpc) is 2.68. The number of carbonyl (C=O) groups excluding carboxylic acids is 2. The third-order valence-corrected chi connectivity index (χ3v) is 2.49. The molecule has 0 unspecified atom stereocenters. The van der Waals surface area contributed by atoms with Crippen LogP contribution in [-0.4, -0.2) is 23.8 Å². The van der Waals surface area contributed by atoms with Gasteiger partial charge >= 0.3 is 0 Å². The summed E-state index contributed by atoms with van der Waals surface area (Å²) in [7, 11) is 1.48. The molecule has 18 heavy (non-hydrogen) atoms. The monoisotopic (exact) mass is 265 g/mol. The average molecular weight is 265 g/mol. The zero-order valence-electron chi connectivity index (χ0n) is 9.57. The predicted octanol–water partition coefficient (Wildman–Crippen LogP) is 1.56. The summed E-state index contributed by atoms with van der Waals surface area (Å²) < 4.78 is 5.22. The number of hydrogen-bond donors (Lipinski definition) is 3. The van der Waals surface area contributed by atoms with Crippen molar-refractivity contribution in [2.45, 2.75) is 6.42 Å². The summed E-state index contributed by atoms with van der Waals surface area (Å²) in [6.45, 7) is 0. The predicted molar refractivity (Wildman–Crippen MR) is 68.7 cm³/mol. The fourth-order valence-corrected chi connectivity index (χ4v) is 1.66. The number of aromatic nitrogens is 1. The van der Waals surface area contributed by atoms with Crippen LogP contribution in [0, 0.1) is 4.84 Å². The Balaban J connectivity index is 2.14. The minimum Gasteiger partial charge on any atom is -0.429 e. The molecule has 0 bridgehead atoms. The van der Waals surface area contributed by atoms with Gasteiger partial charge in [-0.1, -0.05) is 0 Å². The van der Waals surface area contributed by atoms with Crippen molar-refractivity contribution in [3.63, 3.8) is 0 Å². The lowest BCUT2D eigenvalue weighted by molar-refractivity contribution is -0.126. The van der Waals surface area contributed by atoms with Crippen LogP contribution in [0.25, 0.3) is 11.1 Å². The van der Waals surface area contributed by atoms with Gasteiger partial charge in [-0.2, -0.15) is 0 Å². The normalized spacial score (nSPS) is 10.3. The van der Waals surface area contributed by atoms with Gasteiger partial charge in [0.2, 0.25) is 11.8 Å². The molecule has 6 nitrogen and oxygen atoms in total. The molecular weight excluding hydrogens is 254 g/mol. The van der Waals surface area contributed by atoms with Crippen molar-refractivity contribution in [1.82, 2.24) is 10.3 Å². The SMILES string of the molecule is CNC(=O)CC(=O)Nc1ccc2[nH]c(=S)oc2c1. The van der Waals surface area contributed by atoms with Gasteiger partial charge < -0.3 is 20.0 Å². The molecule has 2 aromatic rings. The summed E-state index contributed by atoms with van der Waals surface area (Å²) in [4.78, 5) is 25.6. The van der Waals surface area contributed by atoms with Gasteiger partial charge in [-0.25, -0.2) is 0 Å². The highest BCUT2D eigenvalue weighted by Gasteiger charge is 2.08. The van der Waals surface area contributed by atoms with E-state index in [1.807, 2.05) is 0 Å². The minimum atomic E-state index is -0.386. The van der Waals surface area contributed by atoms with Crippen molar-refractivity contribution in [3.05, 3.63) is 23.0 Å². The summed E-state index contributed by atoms with van der Waals surface area (Å²) in [6.07, 6.45) is -0.217. The highest BCUT2D eigenvalue weighted by Crippen LogP contribution is 2.18. The third-order valence-electron chi connectivity index (χ3n) is 2.30. The zero-order valence-corrected chi connectivity index (χ0v) is 10.4. The first-order chi connectivity index (χ1) is 8.58. The summed E-state index contributed by atoms with van der Waals surface area (Å²) in [5, 5.41) is 4.98. The Morgan fingerprint density at radius 1 is 1.39 bits per heavy atom. The Labute approximate surface area is 107 Å². The van der Waals surface area contributed by atoms with Gasteiger partial charge in [-0.3, -0.25) is 9.59 Å². The van der Waals surface area contributed by atoms with Crippen LogP contribution in [0.4, 0.5) is 5.69 Å². The van der Waals surface area contributed by atoms with Crippen LogP contribution in [0.1, 0.15) is 6.42 Å². The van der Waals surface area contributed by atoms with Crippen LogP contribution >= 0.6 is 12.2 Å².